The highest BCUT2D eigenvalue weighted by Crippen LogP contribution is 2.35. The van der Waals surface area contributed by atoms with Crippen molar-refractivity contribution < 1.29 is 24.2 Å². The van der Waals surface area contributed by atoms with Crippen LogP contribution in [0.4, 0.5) is 5.69 Å². The summed E-state index contributed by atoms with van der Waals surface area (Å²) >= 11 is 9.37. The zero-order valence-corrected chi connectivity index (χ0v) is 17.6. The molecule has 0 saturated heterocycles. The smallest absolute Gasteiger partial charge is 0.341 e. The van der Waals surface area contributed by atoms with Gasteiger partial charge in [-0.1, -0.05) is 11.6 Å². The summed E-state index contributed by atoms with van der Waals surface area (Å²) in [6.07, 6.45) is 1.36. The van der Waals surface area contributed by atoms with E-state index in [0.29, 0.717) is 28.1 Å². The fraction of sp³-hybridized carbons (Fsp3) is 0.150. The largest absolute Gasteiger partial charge is 0.494 e. The molecule has 2 N–H and O–H groups in total. The molecule has 150 valence electrons. The van der Waals surface area contributed by atoms with Crippen LogP contribution in [0.1, 0.15) is 12.5 Å². The van der Waals surface area contributed by atoms with Crippen molar-refractivity contribution in [1.29, 1.82) is 5.26 Å². The van der Waals surface area contributed by atoms with Crippen molar-refractivity contribution in [3.63, 3.8) is 0 Å². The normalized spacial score (nSPS) is 10.8. The van der Waals surface area contributed by atoms with Crippen LogP contribution in [-0.4, -0.2) is 30.2 Å². The van der Waals surface area contributed by atoms with Crippen LogP contribution in [0.15, 0.2) is 46.4 Å². The highest BCUT2D eigenvalue weighted by Gasteiger charge is 2.13. The molecule has 0 aliphatic rings. The summed E-state index contributed by atoms with van der Waals surface area (Å²) in [6, 6.07) is 11.6. The van der Waals surface area contributed by atoms with E-state index in [1.54, 1.807) is 30.3 Å². The van der Waals surface area contributed by atoms with Crippen LogP contribution in [0, 0.1) is 11.3 Å². The molecular formula is C20H16BrClN2O5. The number of carbonyl (C=O) groups is 2. The molecule has 2 aromatic carbocycles. The monoisotopic (exact) mass is 478 g/mol. The van der Waals surface area contributed by atoms with Gasteiger partial charge in [-0.25, -0.2) is 4.79 Å². The number of hydrogen-bond acceptors (Lipinski definition) is 5. The van der Waals surface area contributed by atoms with Crippen molar-refractivity contribution in [3.05, 3.63) is 57.0 Å². The molecule has 0 bridgehead atoms. The summed E-state index contributed by atoms with van der Waals surface area (Å²) in [7, 11) is 0. The van der Waals surface area contributed by atoms with Crippen LogP contribution in [0.5, 0.6) is 11.5 Å². The van der Waals surface area contributed by atoms with Crippen molar-refractivity contribution in [2.24, 2.45) is 0 Å². The van der Waals surface area contributed by atoms with Gasteiger partial charge in [-0.05, 0) is 70.9 Å². The average Bonchev–Trinajstić information content (AvgIpc) is 2.67. The Morgan fingerprint density at radius 1 is 1.28 bits per heavy atom. The maximum Gasteiger partial charge on any atom is 0.341 e. The molecule has 0 radical (unpaired) electrons. The van der Waals surface area contributed by atoms with Crippen LogP contribution in [0.25, 0.3) is 6.08 Å². The fourth-order valence-electron chi connectivity index (χ4n) is 2.25. The number of ether oxygens (including phenoxy) is 2. The molecule has 0 saturated carbocycles. The molecule has 0 aromatic heterocycles. The molecule has 0 spiro atoms. The molecule has 0 fully saturated rings. The lowest BCUT2D eigenvalue weighted by atomic mass is 10.1. The van der Waals surface area contributed by atoms with E-state index < -0.39 is 18.5 Å². The number of nitrogens with zero attached hydrogens (tertiary/aromatic N) is 1. The maximum atomic E-state index is 12.4. The van der Waals surface area contributed by atoms with Gasteiger partial charge in [0.2, 0.25) is 0 Å². The number of halogens is 2. The number of carboxylic acid groups (broad SMARTS) is 1. The number of hydrogen-bond donors (Lipinski definition) is 2. The zero-order valence-electron chi connectivity index (χ0n) is 15.2. The van der Waals surface area contributed by atoms with Crippen LogP contribution in [0.3, 0.4) is 0 Å². The topological polar surface area (TPSA) is 109 Å². The van der Waals surface area contributed by atoms with Crippen molar-refractivity contribution in [2.45, 2.75) is 6.92 Å². The molecule has 2 rings (SSSR count). The van der Waals surface area contributed by atoms with Gasteiger partial charge in [0.1, 0.15) is 17.4 Å². The molecule has 0 aliphatic heterocycles. The Balaban J connectivity index is 2.18. The van der Waals surface area contributed by atoms with Crippen LogP contribution in [-0.2, 0) is 9.59 Å². The second-order valence-electron chi connectivity index (χ2n) is 5.58. The first-order valence-electron chi connectivity index (χ1n) is 8.33. The van der Waals surface area contributed by atoms with E-state index >= 15 is 0 Å². The molecule has 2 aromatic rings. The summed E-state index contributed by atoms with van der Waals surface area (Å²) in [5, 5.41) is 20.8. The number of nitrogens with one attached hydrogen (secondary N) is 1. The first-order valence-corrected chi connectivity index (χ1v) is 9.50. The Hall–Kier alpha value is -3.02. The van der Waals surface area contributed by atoms with Crippen LogP contribution in [0.2, 0.25) is 5.02 Å². The lowest BCUT2D eigenvalue weighted by Crippen LogP contribution is -2.13. The van der Waals surface area contributed by atoms with Gasteiger partial charge in [0.15, 0.2) is 12.4 Å². The molecule has 9 heteroatoms. The number of aliphatic carboxylic acids is 1. The first kappa shape index (κ1) is 22.3. The second-order valence-corrected chi connectivity index (χ2v) is 6.84. The zero-order chi connectivity index (χ0) is 21.4. The van der Waals surface area contributed by atoms with E-state index in [4.69, 9.17) is 26.2 Å². The van der Waals surface area contributed by atoms with Crippen molar-refractivity contribution in [1.82, 2.24) is 0 Å². The minimum Gasteiger partial charge on any atom is -0.494 e. The number of anilines is 1. The number of benzene rings is 2. The molecule has 0 atom stereocenters. The SMILES string of the molecule is CCOc1ccc(NC(=O)/C(C#N)=C/c2cc(Cl)c(OCC(=O)O)c(Br)c2)cc1. The van der Waals surface area contributed by atoms with Gasteiger partial charge < -0.3 is 19.9 Å². The Morgan fingerprint density at radius 3 is 2.52 bits per heavy atom. The van der Waals surface area contributed by atoms with E-state index in [9.17, 15) is 14.9 Å². The Bertz CT molecular complexity index is 960. The van der Waals surface area contributed by atoms with E-state index in [0.717, 1.165) is 0 Å². The Labute approximate surface area is 180 Å². The van der Waals surface area contributed by atoms with E-state index in [1.807, 2.05) is 13.0 Å². The number of carboxylic acids is 1. The number of nitriles is 1. The van der Waals surface area contributed by atoms with Gasteiger partial charge in [-0.3, -0.25) is 4.79 Å². The van der Waals surface area contributed by atoms with Crippen molar-refractivity contribution in [3.8, 4) is 17.6 Å². The second kappa shape index (κ2) is 10.5. The third kappa shape index (κ3) is 6.52. The van der Waals surface area contributed by atoms with E-state index in [1.165, 1.54) is 12.1 Å². The quantitative estimate of drug-likeness (QED) is 0.426. The summed E-state index contributed by atoms with van der Waals surface area (Å²) < 4.78 is 10.8. The molecule has 29 heavy (non-hydrogen) atoms. The number of carbonyl (C=O) groups excluding carboxylic acids is 1. The minimum absolute atomic E-state index is 0.135. The van der Waals surface area contributed by atoms with E-state index in [2.05, 4.69) is 21.2 Å². The summed E-state index contributed by atoms with van der Waals surface area (Å²) in [6.45, 7) is 1.85. The number of amides is 1. The third-order valence-corrected chi connectivity index (χ3v) is 4.33. The fourth-order valence-corrected chi connectivity index (χ4v) is 3.24. The molecule has 0 unspecified atom stereocenters. The standard InChI is InChI=1S/C20H16BrClN2O5/c1-2-28-15-5-3-14(4-6-15)24-20(27)13(10-23)7-12-8-16(21)19(17(22)9-12)29-11-18(25)26/h3-9H,2,11H2,1H3,(H,24,27)(H,25,26)/b13-7+. The predicted molar refractivity (Wildman–Crippen MR) is 112 cm³/mol. The molecule has 7 nitrogen and oxygen atoms in total. The third-order valence-electron chi connectivity index (χ3n) is 3.46. The maximum absolute atomic E-state index is 12.4. The van der Waals surface area contributed by atoms with Crippen LogP contribution >= 0.6 is 27.5 Å². The lowest BCUT2D eigenvalue weighted by molar-refractivity contribution is -0.139. The Morgan fingerprint density at radius 2 is 1.97 bits per heavy atom. The summed E-state index contributed by atoms with van der Waals surface area (Å²) in [4.78, 5) is 23.0. The number of rotatable bonds is 8. The molecule has 0 heterocycles. The van der Waals surface area contributed by atoms with Crippen molar-refractivity contribution >= 4 is 51.2 Å². The minimum atomic E-state index is -1.14. The van der Waals surface area contributed by atoms with Gasteiger partial charge in [0.05, 0.1) is 16.1 Å². The summed E-state index contributed by atoms with van der Waals surface area (Å²) in [5.41, 5.74) is 0.834. The van der Waals surface area contributed by atoms with Gasteiger partial charge in [0.25, 0.3) is 5.91 Å². The predicted octanol–water partition coefficient (Wildman–Crippen LogP) is 4.51. The molecular weight excluding hydrogens is 464 g/mol. The van der Waals surface area contributed by atoms with Gasteiger partial charge >= 0.3 is 5.97 Å². The first-order chi connectivity index (χ1) is 13.8. The molecule has 0 aliphatic carbocycles. The van der Waals surface area contributed by atoms with E-state index in [-0.39, 0.29) is 16.3 Å². The molecule has 1 amide bonds. The highest BCUT2D eigenvalue weighted by atomic mass is 79.9. The van der Waals surface area contributed by atoms with Crippen molar-refractivity contribution in [2.75, 3.05) is 18.5 Å². The van der Waals surface area contributed by atoms with Crippen LogP contribution < -0.4 is 14.8 Å². The average molecular weight is 480 g/mol. The van der Waals surface area contributed by atoms with Gasteiger partial charge in [0, 0.05) is 5.69 Å². The van der Waals surface area contributed by atoms with Gasteiger partial charge in [-0.15, -0.1) is 0 Å². The van der Waals surface area contributed by atoms with Gasteiger partial charge in [-0.2, -0.15) is 5.26 Å². The lowest BCUT2D eigenvalue weighted by Gasteiger charge is -2.10. The summed E-state index contributed by atoms with van der Waals surface area (Å²) in [5.74, 6) is -0.903. The highest BCUT2D eigenvalue weighted by molar-refractivity contribution is 9.10. The Kier molecular flexibility index (Phi) is 8.07.